The standard InChI is InChI=1S/C41H77O10P/c1-6-10-12-14-15-16-17-18-19-20-21-22-23-24-26-28-33-46-40-39(47-34-30-36(45-5)29-27-25-13-11-7-2)38(37(35-42)50-41(40)43)51-52(44,48-31-8-3)49-32-9-4/h8-9,16-17,36-43H,3-4,6-7,10-15,18-35H2,1-2,5H3/b17-16-/t36-,37-,38-,39+,40-,41?/m1/s1. The van der Waals surface area contributed by atoms with Crippen molar-refractivity contribution < 1.29 is 47.3 Å². The summed E-state index contributed by atoms with van der Waals surface area (Å²) in [6.45, 7) is 11.6. The molecule has 0 aliphatic carbocycles. The molecular weight excluding hydrogens is 683 g/mol. The van der Waals surface area contributed by atoms with Gasteiger partial charge in [-0.1, -0.05) is 128 Å². The number of rotatable bonds is 37. The first-order valence-corrected chi connectivity index (χ1v) is 22.0. The summed E-state index contributed by atoms with van der Waals surface area (Å²) in [6, 6.07) is 0. The van der Waals surface area contributed by atoms with E-state index in [1.54, 1.807) is 7.11 Å². The lowest BCUT2D eigenvalue weighted by molar-refractivity contribution is -0.301. The Labute approximate surface area is 317 Å². The van der Waals surface area contributed by atoms with Crippen LogP contribution in [0.5, 0.6) is 0 Å². The number of phosphoric ester groups is 1. The molecular formula is C41H77O10P. The second-order valence-corrected chi connectivity index (χ2v) is 15.5. The molecule has 1 saturated heterocycles. The molecule has 0 bridgehead atoms. The highest BCUT2D eigenvalue weighted by Gasteiger charge is 2.50. The Hall–Kier alpha value is -0.910. The van der Waals surface area contributed by atoms with E-state index in [2.05, 4.69) is 39.2 Å². The van der Waals surface area contributed by atoms with Crippen LogP contribution in [0.2, 0.25) is 0 Å². The highest BCUT2D eigenvalue weighted by molar-refractivity contribution is 7.48. The van der Waals surface area contributed by atoms with Gasteiger partial charge in [-0.15, -0.1) is 13.2 Å². The monoisotopic (exact) mass is 761 g/mol. The summed E-state index contributed by atoms with van der Waals surface area (Å²) in [5.41, 5.74) is 0. The third kappa shape index (κ3) is 23.1. The number of unbranched alkanes of at least 4 members (excludes halogenated alkanes) is 16. The molecule has 6 atom stereocenters. The van der Waals surface area contributed by atoms with Gasteiger partial charge in [0, 0.05) is 20.3 Å². The van der Waals surface area contributed by atoms with Crippen molar-refractivity contribution in [2.75, 3.05) is 40.1 Å². The van der Waals surface area contributed by atoms with Gasteiger partial charge in [0.1, 0.15) is 24.4 Å². The van der Waals surface area contributed by atoms with Crippen LogP contribution in [0.25, 0.3) is 0 Å². The van der Waals surface area contributed by atoms with Gasteiger partial charge in [-0.3, -0.25) is 13.6 Å². The molecule has 0 radical (unpaired) electrons. The van der Waals surface area contributed by atoms with Gasteiger partial charge >= 0.3 is 7.82 Å². The van der Waals surface area contributed by atoms with Gasteiger partial charge in [-0.05, 0) is 44.9 Å². The van der Waals surface area contributed by atoms with Crippen LogP contribution in [0.1, 0.15) is 149 Å². The van der Waals surface area contributed by atoms with Crippen molar-refractivity contribution in [2.24, 2.45) is 0 Å². The molecule has 0 aromatic rings. The van der Waals surface area contributed by atoms with E-state index in [0.29, 0.717) is 13.0 Å². The van der Waals surface area contributed by atoms with E-state index < -0.39 is 45.1 Å². The lowest BCUT2D eigenvalue weighted by atomic mass is 9.98. The molecule has 1 heterocycles. The molecule has 306 valence electrons. The predicted octanol–water partition coefficient (Wildman–Crippen LogP) is 10.2. The van der Waals surface area contributed by atoms with Crippen LogP contribution >= 0.6 is 7.82 Å². The molecule has 1 unspecified atom stereocenters. The van der Waals surface area contributed by atoms with E-state index in [-0.39, 0.29) is 25.9 Å². The first kappa shape index (κ1) is 49.1. The second-order valence-electron chi connectivity index (χ2n) is 13.9. The van der Waals surface area contributed by atoms with Crippen molar-refractivity contribution in [1.82, 2.24) is 0 Å². The summed E-state index contributed by atoms with van der Waals surface area (Å²) in [7, 11) is -2.48. The van der Waals surface area contributed by atoms with Crippen LogP contribution < -0.4 is 0 Å². The number of allylic oxidation sites excluding steroid dienone is 2. The fraction of sp³-hybridized carbons (Fsp3) is 0.854. The summed E-state index contributed by atoms with van der Waals surface area (Å²) < 4.78 is 54.6. The third-order valence-corrected chi connectivity index (χ3v) is 10.9. The molecule has 11 heteroatoms. The maximum Gasteiger partial charge on any atom is 0.475 e. The van der Waals surface area contributed by atoms with E-state index in [4.69, 9.17) is 32.5 Å². The number of methoxy groups -OCH3 is 1. The van der Waals surface area contributed by atoms with Crippen LogP contribution in [0, 0.1) is 0 Å². The average molecular weight is 761 g/mol. The minimum atomic E-state index is -4.18. The van der Waals surface area contributed by atoms with E-state index >= 15 is 0 Å². The normalized spacial score (nSPS) is 21.5. The van der Waals surface area contributed by atoms with E-state index in [1.807, 2.05) is 0 Å². The Morgan fingerprint density at radius 3 is 1.77 bits per heavy atom. The molecule has 1 rings (SSSR count). The highest BCUT2D eigenvalue weighted by Crippen LogP contribution is 2.52. The number of aliphatic hydroxyl groups is 2. The SMILES string of the molecule is C=CCOP(=O)(OCC=C)O[C@H]1[C@H](OCC[C@@H](CCCCCCC)OC)[C@@H](OCCCCCCCCCC/C=C\CCCCCC)C(O)O[C@@H]1CO. The fourth-order valence-corrected chi connectivity index (χ4v) is 7.66. The smallest absolute Gasteiger partial charge is 0.394 e. The molecule has 52 heavy (non-hydrogen) atoms. The number of hydrogen-bond acceptors (Lipinski definition) is 10. The van der Waals surface area contributed by atoms with Gasteiger partial charge < -0.3 is 29.2 Å². The first-order chi connectivity index (χ1) is 25.4. The van der Waals surface area contributed by atoms with Gasteiger partial charge in [0.2, 0.25) is 0 Å². The topological polar surface area (TPSA) is 122 Å². The summed E-state index contributed by atoms with van der Waals surface area (Å²) in [5.74, 6) is 0. The zero-order valence-electron chi connectivity index (χ0n) is 33.2. The largest absolute Gasteiger partial charge is 0.475 e. The van der Waals surface area contributed by atoms with Crippen LogP contribution in [-0.4, -0.2) is 87.2 Å². The number of phosphoric acid groups is 1. The lowest BCUT2D eigenvalue weighted by Crippen LogP contribution is -2.61. The zero-order chi connectivity index (χ0) is 38.1. The molecule has 0 aromatic carbocycles. The van der Waals surface area contributed by atoms with Crippen LogP contribution in [0.4, 0.5) is 0 Å². The Balaban J connectivity index is 2.73. The average Bonchev–Trinajstić information content (AvgIpc) is 3.15. The predicted molar refractivity (Wildman–Crippen MR) is 210 cm³/mol. The van der Waals surface area contributed by atoms with Crippen molar-refractivity contribution in [2.45, 2.75) is 185 Å². The van der Waals surface area contributed by atoms with Gasteiger partial charge in [-0.25, -0.2) is 4.57 Å². The van der Waals surface area contributed by atoms with Crippen LogP contribution in [0.15, 0.2) is 37.5 Å². The Morgan fingerprint density at radius 1 is 0.692 bits per heavy atom. The Bertz CT molecular complexity index is 902. The minimum absolute atomic E-state index is 0.00124. The summed E-state index contributed by atoms with van der Waals surface area (Å²) in [4.78, 5) is 0. The fourth-order valence-electron chi connectivity index (χ4n) is 6.33. The van der Waals surface area contributed by atoms with Crippen molar-refractivity contribution in [3.63, 3.8) is 0 Å². The minimum Gasteiger partial charge on any atom is -0.394 e. The zero-order valence-corrected chi connectivity index (χ0v) is 34.1. The summed E-state index contributed by atoms with van der Waals surface area (Å²) in [5, 5.41) is 21.3. The first-order valence-electron chi connectivity index (χ1n) is 20.5. The molecule has 1 aliphatic rings. The van der Waals surface area contributed by atoms with Gasteiger partial charge in [0.05, 0.1) is 25.9 Å². The third-order valence-electron chi connectivity index (χ3n) is 9.42. The van der Waals surface area contributed by atoms with Crippen molar-refractivity contribution in [1.29, 1.82) is 0 Å². The molecule has 0 aromatic heterocycles. The molecule has 0 saturated carbocycles. The maximum absolute atomic E-state index is 13.7. The number of aliphatic hydroxyl groups excluding tert-OH is 2. The van der Waals surface area contributed by atoms with Gasteiger partial charge in [0.25, 0.3) is 0 Å². The quantitative estimate of drug-likeness (QED) is 0.0359. The Morgan fingerprint density at radius 2 is 1.21 bits per heavy atom. The maximum atomic E-state index is 13.7. The van der Waals surface area contributed by atoms with Crippen molar-refractivity contribution in [3.8, 4) is 0 Å². The second kappa shape index (κ2) is 33.4. The molecule has 1 fully saturated rings. The summed E-state index contributed by atoms with van der Waals surface area (Å²) in [6.07, 6.45) is 26.3. The molecule has 2 N–H and O–H groups in total. The van der Waals surface area contributed by atoms with E-state index in [0.717, 1.165) is 38.5 Å². The van der Waals surface area contributed by atoms with E-state index in [9.17, 15) is 14.8 Å². The molecule has 0 spiro atoms. The number of hydrogen-bond donors (Lipinski definition) is 2. The molecule has 10 nitrogen and oxygen atoms in total. The highest BCUT2D eigenvalue weighted by atomic mass is 31.2. The lowest BCUT2D eigenvalue weighted by Gasteiger charge is -2.44. The van der Waals surface area contributed by atoms with Gasteiger partial charge in [-0.2, -0.15) is 0 Å². The van der Waals surface area contributed by atoms with Crippen molar-refractivity contribution >= 4 is 7.82 Å². The number of ether oxygens (including phenoxy) is 4. The van der Waals surface area contributed by atoms with Crippen LogP contribution in [-0.2, 0) is 37.1 Å². The molecule has 0 amide bonds. The Kier molecular flexibility index (Phi) is 31.6. The van der Waals surface area contributed by atoms with E-state index in [1.165, 1.54) is 102 Å². The van der Waals surface area contributed by atoms with Crippen molar-refractivity contribution in [3.05, 3.63) is 37.5 Å². The van der Waals surface area contributed by atoms with Gasteiger partial charge in [0.15, 0.2) is 6.29 Å². The summed E-state index contributed by atoms with van der Waals surface area (Å²) >= 11 is 0. The van der Waals surface area contributed by atoms with Crippen LogP contribution in [0.3, 0.4) is 0 Å². The molecule has 1 aliphatic heterocycles.